The number of nitrogens with two attached hydrogens (primary N) is 1. The Balaban J connectivity index is 0.000000605. The summed E-state index contributed by atoms with van der Waals surface area (Å²) < 4.78 is 0. The number of hydrogen-bond donors (Lipinski definition) is 1. The van der Waals surface area contributed by atoms with Crippen molar-refractivity contribution in [2.75, 3.05) is 0 Å². The SMILES string of the molecule is Cl.N[C@H](c1ccsc1)C1CC1. The van der Waals surface area contributed by atoms with Crippen LogP contribution in [0.1, 0.15) is 24.4 Å². The summed E-state index contributed by atoms with van der Waals surface area (Å²) in [6, 6.07) is 2.46. The smallest absolute Gasteiger partial charge is 0.0331 e. The Labute approximate surface area is 77.0 Å². The minimum atomic E-state index is 0. The van der Waals surface area contributed by atoms with E-state index in [9.17, 15) is 0 Å². The first-order valence-corrected chi connectivity index (χ1v) is 4.60. The van der Waals surface area contributed by atoms with Crippen LogP contribution in [-0.2, 0) is 0 Å². The topological polar surface area (TPSA) is 26.0 Å². The Kier molecular flexibility index (Phi) is 2.93. The molecule has 0 bridgehead atoms. The van der Waals surface area contributed by atoms with Crippen LogP contribution in [0.3, 0.4) is 0 Å². The first-order chi connectivity index (χ1) is 4.88. The second-order valence-electron chi connectivity index (χ2n) is 2.92. The van der Waals surface area contributed by atoms with Gasteiger partial charge in [-0.1, -0.05) is 0 Å². The van der Waals surface area contributed by atoms with Crippen LogP contribution >= 0.6 is 23.7 Å². The van der Waals surface area contributed by atoms with Crippen LogP contribution in [0.15, 0.2) is 16.8 Å². The lowest BCUT2D eigenvalue weighted by Gasteiger charge is -2.05. The first kappa shape index (κ1) is 9.04. The summed E-state index contributed by atoms with van der Waals surface area (Å²) in [5.74, 6) is 0.787. The highest BCUT2D eigenvalue weighted by atomic mass is 35.5. The molecule has 11 heavy (non-hydrogen) atoms. The molecule has 2 N–H and O–H groups in total. The summed E-state index contributed by atoms with van der Waals surface area (Å²) in [4.78, 5) is 0. The molecule has 3 heteroatoms. The highest BCUT2D eigenvalue weighted by Gasteiger charge is 2.29. The lowest BCUT2D eigenvalue weighted by molar-refractivity contribution is 0.636. The zero-order valence-electron chi connectivity index (χ0n) is 6.19. The van der Waals surface area contributed by atoms with E-state index in [1.54, 1.807) is 11.3 Å². The van der Waals surface area contributed by atoms with Gasteiger partial charge in [-0.2, -0.15) is 11.3 Å². The molecule has 1 atom stereocenters. The van der Waals surface area contributed by atoms with Crippen LogP contribution in [0.4, 0.5) is 0 Å². The van der Waals surface area contributed by atoms with Crippen molar-refractivity contribution in [1.82, 2.24) is 0 Å². The molecule has 62 valence electrons. The van der Waals surface area contributed by atoms with Gasteiger partial charge in [0, 0.05) is 6.04 Å². The van der Waals surface area contributed by atoms with Crippen LogP contribution < -0.4 is 5.73 Å². The third-order valence-electron chi connectivity index (χ3n) is 2.06. The zero-order valence-corrected chi connectivity index (χ0v) is 7.83. The minimum Gasteiger partial charge on any atom is -0.324 e. The van der Waals surface area contributed by atoms with Crippen molar-refractivity contribution in [2.24, 2.45) is 11.7 Å². The third kappa shape index (κ3) is 1.95. The summed E-state index contributed by atoms with van der Waals surface area (Å²) >= 11 is 1.73. The molecule has 0 unspecified atom stereocenters. The van der Waals surface area contributed by atoms with Gasteiger partial charge in [-0.3, -0.25) is 0 Å². The Morgan fingerprint density at radius 2 is 2.27 bits per heavy atom. The van der Waals surface area contributed by atoms with E-state index in [4.69, 9.17) is 5.73 Å². The maximum Gasteiger partial charge on any atom is 0.0331 e. The van der Waals surface area contributed by atoms with Gasteiger partial charge in [-0.05, 0) is 41.1 Å². The fraction of sp³-hybridized carbons (Fsp3) is 0.500. The van der Waals surface area contributed by atoms with Gasteiger partial charge in [0.25, 0.3) is 0 Å². The summed E-state index contributed by atoms with van der Waals surface area (Å²) in [7, 11) is 0. The maximum atomic E-state index is 5.95. The van der Waals surface area contributed by atoms with E-state index in [-0.39, 0.29) is 12.4 Å². The van der Waals surface area contributed by atoms with Gasteiger partial charge >= 0.3 is 0 Å². The lowest BCUT2D eigenvalue weighted by atomic mass is 10.1. The Morgan fingerprint density at radius 3 is 2.73 bits per heavy atom. The van der Waals surface area contributed by atoms with Crippen LogP contribution in [0.25, 0.3) is 0 Å². The van der Waals surface area contributed by atoms with Crippen LogP contribution in [0.5, 0.6) is 0 Å². The molecule has 0 saturated heterocycles. The Bertz CT molecular complexity index is 206. The van der Waals surface area contributed by atoms with Gasteiger partial charge in [0.15, 0.2) is 0 Å². The third-order valence-corrected chi connectivity index (χ3v) is 2.76. The molecule has 0 radical (unpaired) electrons. The molecule has 0 aliphatic heterocycles. The predicted octanol–water partition coefficient (Wildman–Crippen LogP) is 2.58. The van der Waals surface area contributed by atoms with E-state index in [1.165, 1.54) is 18.4 Å². The van der Waals surface area contributed by atoms with Gasteiger partial charge in [0.2, 0.25) is 0 Å². The minimum absolute atomic E-state index is 0. The standard InChI is InChI=1S/C8H11NS.ClH/c9-8(6-1-2-6)7-3-4-10-5-7;/h3-6,8H,1-2,9H2;1H/t8-;/m0./s1. The van der Waals surface area contributed by atoms with Crippen LogP contribution in [0, 0.1) is 5.92 Å². The normalized spacial score (nSPS) is 19.0. The molecule has 1 aromatic heterocycles. The monoisotopic (exact) mass is 189 g/mol. The van der Waals surface area contributed by atoms with Crippen molar-refractivity contribution in [3.8, 4) is 0 Å². The van der Waals surface area contributed by atoms with Crippen LogP contribution in [0.2, 0.25) is 0 Å². The molecule has 0 spiro atoms. The van der Waals surface area contributed by atoms with Crippen molar-refractivity contribution in [1.29, 1.82) is 0 Å². The van der Waals surface area contributed by atoms with E-state index in [0.29, 0.717) is 6.04 Å². The molecule has 1 fully saturated rings. The molecule has 0 aromatic carbocycles. The second-order valence-corrected chi connectivity index (χ2v) is 3.70. The van der Waals surface area contributed by atoms with Crippen molar-refractivity contribution in [3.63, 3.8) is 0 Å². The highest BCUT2D eigenvalue weighted by molar-refractivity contribution is 7.07. The molecule has 1 aromatic rings. The maximum absolute atomic E-state index is 5.95. The fourth-order valence-corrected chi connectivity index (χ4v) is 1.90. The number of thiophene rings is 1. The Hall–Kier alpha value is -0.0500. The summed E-state index contributed by atoms with van der Waals surface area (Å²) in [6.07, 6.45) is 2.66. The van der Waals surface area contributed by atoms with Gasteiger partial charge < -0.3 is 5.73 Å². The summed E-state index contributed by atoms with van der Waals surface area (Å²) in [5.41, 5.74) is 7.28. The van der Waals surface area contributed by atoms with Gasteiger partial charge in [0.1, 0.15) is 0 Å². The molecule has 1 heterocycles. The highest BCUT2D eigenvalue weighted by Crippen LogP contribution is 2.39. The quantitative estimate of drug-likeness (QED) is 0.761. The molecule has 1 aliphatic rings. The molecular weight excluding hydrogens is 178 g/mol. The lowest BCUT2D eigenvalue weighted by Crippen LogP contribution is -2.10. The predicted molar refractivity (Wildman–Crippen MR) is 51.2 cm³/mol. The average molecular weight is 190 g/mol. The van der Waals surface area contributed by atoms with Gasteiger partial charge in [-0.25, -0.2) is 0 Å². The van der Waals surface area contributed by atoms with Crippen LogP contribution in [-0.4, -0.2) is 0 Å². The molecule has 1 aliphatic carbocycles. The number of halogens is 1. The molecule has 1 nitrogen and oxygen atoms in total. The average Bonchev–Trinajstić information content (AvgIpc) is 2.65. The van der Waals surface area contributed by atoms with E-state index in [0.717, 1.165) is 5.92 Å². The Morgan fingerprint density at radius 1 is 1.55 bits per heavy atom. The zero-order chi connectivity index (χ0) is 6.97. The summed E-state index contributed by atoms with van der Waals surface area (Å²) in [6.45, 7) is 0. The van der Waals surface area contributed by atoms with Crippen molar-refractivity contribution < 1.29 is 0 Å². The molecule has 0 amide bonds. The van der Waals surface area contributed by atoms with E-state index < -0.39 is 0 Å². The fourth-order valence-electron chi connectivity index (χ4n) is 1.19. The second kappa shape index (κ2) is 3.57. The van der Waals surface area contributed by atoms with Gasteiger partial charge in [-0.15, -0.1) is 12.4 Å². The first-order valence-electron chi connectivity index (χ1n) is 3.65. The molecular formula is C8H12ClNS. The molecule has 1 saturated carbocycles. The number of rotatable bonds is 2. The van der Waals surface area contributed by atoms with Gasteiger partial charge in [0.05, 0.1) is 0 Å². The molecule has 2 rings (SSSR count). The summed E-state index contributed by atoms with van der Waals surface area (Å²) in [5, 5.41) is 4.25. The van der Waals surface area contributed by atoms with E-state index in [2.05, 4.69) is 16.8 Å². The van der Waals surface area contributed by atoms with Crippen molar-refractivity contribution in [3.05, 3.63) is 22.4 Å². The van der Waals surface area contributed by atoms with E-state index in [1.807, 2.05) is 0 Å². The van der Waals surface area contributed by atoms with Crippen molar-refractivity contribution >= 4 is 23.7 Å². The number of hydrogen-bond acceptors (Lipinski definition) is 2. The van der Waals surface area contributed by atoms with E-state index >= 15 is 0 Å². The van der Waals surface area contributed by atoms with Crippen molar-refractivity contribution in [2.45, 2.75) is 18.9 Å². The largest absolute Gasteiger partial charge is 0.324 e.